The van der Waals surface area contributed by atoms with Gasteiger partial charge in [-0.15, -0.1) is 0 Å². The second-order valence-corrected chi connectivity index (χ2v) is 5.29. The van der Waals surface area contributed by atoms with E-state index in [1.165, 1.54) is 20.3 Å². The fraction of sp³-hybridized carbons (Fsp3) is 0.438. The number of aromatic nitrogens is 1. The van der Waals surface area contributed by atoms with Gasteiger partial charge in [-0.25, -0.2) is 4.98 Å². The zero-order valence-electron chi connectivity index (χ0n) is 14.8. The Hall–Kier alpha value is -2.17. The Morgan fingerprint density at radius 2 is 2.29 bits per heavy atom. The first-order valence-corrected chi connectivity index (χ1v) is 6.62. The van der Waals surface area contributed by atoms with E-state index in [9.17, 15) is 9.59 Å². The maximum Gasteiger partial charge on any atom is 0.324 e. The van der Waals surface area contributed by atoms with E-state index in [4.69, 9.17) is 13.6 Å². The number of hydrogen-bond acceptors (Lipinski definition) is 5. The number of allylic oxidation sites excluding steroid dienone is 2. The first kappa shape index (κ1) is 10.5. The van der Waals surface area contributed by atoms with Gasteiger partial charge in [-0.05, 0) is 18.8 Å². The Morgan fingerprint density at radius 1 is 1.48 bits per heavy atom. The second-order valence-electron chi connectivity index (χ2n) is 5.29. The van der Waals surface area contributed by atoms with Crippen LogP contribution in [0.5, 0.6) is 5.88 Å². The number of Topliss-reactive ketones (excluding diaryl/α,β-unsaturated/α-hetero) is 1. The third-order valence-electron chi connectivity index (χ3n) is 4.18. The Balaban J connectivity index is 2.24. The van der Waals surface area contributed by atoms with Crippen LogP contribution in [-0.4, -0.2) is 31.0 Å². The smallest absolute Gasteiger partial charge is 0.324 e. The summed E-state index contributed by atoms with van der Waals surface area (Å²) in [6, 6.07) is 3.17. The maximum atomic E-state index is 12.9. The van der Waals surface area contributed by atoms with Crippen molar-refractivity contribution in [1.82, 2.24) is 4.98 Å². The van der Waals surface area contributed by atoms with Gasteiger partial charge >= 0.3 is 5.97 Å². The number of ether oxygens (including phenoxy) is 2. The molecule has 0 saturated heterocycles. The molecule has 2 bridgehead atoms. The third-order valence-corrected chi connectivity index (χ3v) is 4.18. The average Bonchev–Trinajstić information content (AvgIpc) is 2.53. The van der Waals surface area contributed by atoms with Crippen LogP contribution in [0.4, 0.5) is 0 Å². The van der Waals surface area contributed by atoms with Gasteiger partial charge in [-0.2, -0.15) is 0 Å². The van der Waals surface area contributed by atoms with Crippen LogP contribution >= 0.6 is 0 Å². The Labute approximate surface area is 127 Å². The van der Waals surface area contributed by atoms with Gasteiger partial charge in [0.15, 0.2) is 11.2 Å². The topological polar surface area (TPSA) is 65.5 Å². The highest BCUT2D eigenvalue weighted by Crippen LogP contribution is 2.46. The van der Waals surface area contributed by atoms with Crippen LogP contribution in [0.1, 0.15) is 28.6 Å². The largest absolute Gasteiger partial charge is 0.481 e. The summed E-state index contributed by atoms with van der Waals surface area (Å²) in [5, 5.41) is 0. The Morgan fingerprint density at radius 3 is 2.95 bits per heavy atom. The van der Waals surface area contributed by atoms with E-state index < -0.39 is 24.2 Å². The van der Waals surface area contributed by atoms with Crippen molar-refractivity contribution in [3.8, 4) is 5.88 Å². The summed E-state index contributed by atoms with van der Waals surface area (Å²) in [5.41, 5.74) is -0.569. The minimum atomic E-state index is -2.37. The number of fused-ring (bicyclic) bond motifs is 4. The van der Waals surface area contributed by atoms with Gasteiger partial charge in [0.1, 0.15) is 0 Å². The zero-order chi connectivity index (χ0) is 17.7. The number of nitrogens with zero attached hydrogens (tertiary/aromatic N) is 1. The molecule has 0 spiro atoms. The number of pyridine rings is 1. The van der Waals surface area contributed by atoms with Gasteiger partial charge in [0.25, 0.3) is 0 Å². The molecule has 0 fully saturated rings. The first-order chi connectivity index (χ1) is 11.2. The van der Waals surface area contributed by atoms with Gasteiger partial charge < -0.3 is 9.47 Å². The van der Waals surface area contributed by atoms with E-state index in [0.29, 0.717) is 17.1 Å². The number of carbonyl (C=O) groups excluding carboxylic acids is 2. The minimum absolute atomic E-state index is 0.110. The first-order valence-electron chi connectivity index (χ1n) is 8.12. The van der Waals surface area contributed by atoms with Crippen molar-refractivity contribution in [1.29, 1.82) is 0 Å². The number of carbonyl (C=O) groups is 2. The summed E-state index contributed by atoms with van der Waals surface area (Å²) in [6.45, 7) is -2.37. The lowest BCUT2D eigenvalue weighted by atomic mass is 9.60. The van der Waals surface area contributed by atoms with E-state index in [0.717, 1.165) is 0 Å². The van der Waals surface area contributed by atoms with E-state index in [1.54, 1.807) is 12.1 Å². The van der Waals surface area contributed by atoms with Crippen molar-refractivity contribution in [2.75, 3.05) is 14.2 Å². The SMILES string of the molecule is [2H]C([2H])([2H])C1=C[C@H]2Cc3nc(OC)ccc3[C@@](C(=O)OC)(C1)C2=O. The molecule has 2 atom stereocenters. The molecule has 0 aromatic carbocycles. The van der Waals surface area contributed by atoms with Crippen molar-refractivity contribution in [2.45, 2.75) is 25.1 Å². The molecule has 0 aliphatic heterocycles. The highest BCUT2D eigenvalue weighted by Gasteiger charge is 2.56. The predicted octanol–water partition coefficient (Wildman–Crippen LogP) is 1.59. The quantitative estimate of drug-likeness (QED) is 0.470. The van der Waals surface area contributed by atoms with Crippen molar-refractivity contribution in [3.63, 3.8) is 0 Å². The molecule has 21 heavy (non-hydrogen) atoms. The third kappa shape index (κ3) is 1.80. The predicted molar refractivity (Wildman–Crippen MR) is 75.1 cm³/mol. The molecule has 110 valence electrons. The maximum absolute atomic E-state index is 12.9. The second kappa shape index (κ2) is 4.69. The molecule has 2 aliphatic carbocycles. The molecular weight excluding hydrogens is 270 g/mol. The molecule has 0 radical (unpaired) electrons. The van der Waals surface area contributed by atoms with Crippen molar-refractivity contribution in [3.05, 3.63) is 35.0 Å². The average molecular weight is 290 g/mol. The Kier molecular flexibility index (Phi) is 2.35. The van der Waals surface area contributed by atoms with Crippen LogP contribution in [0.15, 0.2) is 23.8 Å². The summed E-state index contributed by atoms with van der Waals surface area (Å²) in [6.07, 6.45) is 1.48. The number of ketones is 1. The number of esters is 1. The lowest BCUT2D eigenvalue weighted by Gasteiger charge is -2.41. The summed E-state index contributed by atoms with van der Waals surface area (Å²) in [7, 11) is 2.67. The Bertz CT molecular complexity index is 756. The number of methoxy groups -OCH3 is 2. The fourth-order valence-corrected chi connectivity index (χ4v) is 3.25. The molecule has 5 heteroatoms. The van der Waals surface area contributed by atoms with Gasteiger partial charge in [0, 0.05) is 22.5 Å². The van der Waals surface area contributed by atoms with E-state index >= 15 is 0 Å². The molecule has 1 heterocycles. The van der Waals surface area contributed by atoms with Crippen LogP contribution in [-0.2, 0) is 26.2 Å². The van der Waals surface area contributed by atoms with Gasteiger partial charge in [-0.3, -0.25) is 9.59 Å². The van der Waals surface area contributed by atoms with Crippen molar-refractivity contribution < 1.29 is 23.2 Å². The van der Waals surface area contributed by atoms with Crippen LogP contribution in [0, 0.1) is 5.92 Å². The highest BCUT2D eigenvalue weighted by molar-refractivity contribution is 6.13. The van der Waals surface area contributed by atoms with Crippen LogP contribution in [0.25, 0.3) is 0 Å². The van der Waals surface area contributed by atoms with Crippen LogP contribution in [0.3, 0.4) is 0 Å². The van der Waals surface area contributed by atoms with Crippen molar-refractivity contribution >= 4 is 11.8 Å². The fourth-order valence-electron chi connectivity index (χ4n) is 3.25. The summed E-state index contributed by atoms with van der Waals surface area (Å²) < 4.78 is 33.0. The molecule has 2 aliphatic rings. The normalized spacial score (nSPS) is 29.4. The molecule has 5 nitrogen and oxygen atoms in total. The van der Waals surface area contributed by atoms with E-state index in [-0.39, 0.29) is 24.2 Å². The van der Waals surface area contributed by atoms with Gasteiger partial charge in [0.05, 0.1) is 19.9 Å². The molecule has 0 unspecified atom stereocenters. The number of hydrogen-bond donors (Lipinski definition) is 0. The molecule has 3 rings (SSSR count). The minimum Gasteiger partial charge on any atom is -0.481 e. The molecule has 0 N–H and O–H groups in total. The lowest BCUT2D eigenvalue weighted by molar-refractivity contribution is -0.154. The molecule has 1 aromatic heterocycles. The lowest BCUT2D eigenvalue weighted by Crippen LogP contribution is -2.53. The van der Waals surface area contributed by atoms with E-state index in [1.807, 2.05) is 0 Å². The van der Waals surface area contributed by atoms with Crippen LogP contribution < -0.4 is 4.74 Å². The monoisotopic (exact) mass is 290 g/mol. The summed E-state index contributed by atoms with van der Waals surface area (Å²) in [4.78, 5) is 29.9. The summed E-state index contributed by atoms with van der Waals surface area (Å²) >= 11 is 0. The zero-order valence-corrected chi connectivity index (χ0v) is 11.8. The standard InChI is InChI=1S/C16H17NO4/c1-9-6-10-7-12-11(4-5-13(17-12)20-2)16(8-9,14(10)18)15(19)21-3/h4-6,10H,7-8H2,1-3H3/t10-,16-/m0/s1/i1D3. The van der Waals surface area contributed by atoms with Crippen molar-refractivity contribution in [2.24, 2.45) is 5.92 Å². The molecular formula is C16H17NO4. The van der Waals surface area contributed by atoms with E-state index in [2.05, 4.69) is 4.98 Å². The molecule has 0 saturated carbocycles. The summed E-state index contributed by atoms with van der Waals surface area (Å²) in [5.74, 6) is -1.41. The van der Waals surface area contributed by atoms with Gasteiger partial charge in [0.2, 0.25) is 5.88 Å². The molecule has 0 amide bonds. The van der Waals surface area contributed by atoms with Gasteiger partial charge in [-0.1, -0.05) is 17.7 Å². The number of rotatable bonds is 2. The van der Waals surface area contributed by atoms with Crippen LogP contribution in [0.2, 0.25) is 0 Å². The molecule has 1 aromatic rings. The highest BCUT2D eigenvalue weighted by atomic mass is 16.5.